The molecule has 198 valence electrons. The highest BCUT2D eigenvalue weighted by Gasteiger charge is 2.23. The molecule has 2 saturated heterocycles. The fraction of sp³-hybridized carbons (Fsp3) is 0.357. The van der Waals surface area contributed by atoms with E-state index < -0.39 is 6.09 Å². The minimum absolute atomic E-state index is 0.250. The number of hydrogen-bond donors (Lipinski definition) is 1. The van der Waals surface area contributed by atoms with E-state index in [-0.39, 0.29) is 17.5 Å². The number of benzene rings is 1. The van der Waals surface area contributed by atoms with Gasteiger partial charge in [-0.2, -0.15) is 0 Å². The van der Waals surface area contributed by atoms with Crippen LogP contribution in [0.25, 0.3) is 0 Å². The van der Waals surface area contributed by atoms with E-state index >= 15 is 0 Å². The number of likely N-dealkylation sites (tertiary alicyclic amines) is 1. The van der Waals surface area contributed by atoms with Crippen LogP contribution in [-0.4, -0.2) is 71.0 Å². The van der Waals surface area contributed by atoms with Gasteiger partial charge in [0.05, 0.1) is 12.4 Å². The summed E-state index contributed by atoms with van der Waals surface area (Å²) in [5.41, 5.74) is 1.75. The number of nitrogens with one attached hydrogen (secondary N) is 1. The maximum Gasteiger partial charge on any atom is 0.415 e. The molecule has 10 heteroatoms. The number of piperidine rings is 1. The third-order valence-electron chi connectivity index (χ3n) is 6.83. The van der Waals surface area contributed by atoms with Gasteiger partial charge < -0.3 is 19.9 Å². The van der Waals surface area contributed by atoms with E-state index in [4.69, 9.17) is 4.74 Å². The van der Waals surface area contributed by atoms with Gasteiger partial charge in [-0.15, -0.1) is 0 Å². The molecule has 2 aliphatic rings. The third-order valence-corrected chi connectivity index (χ3v) is 6.83. The molecule has 0 bridgehead atoms. The minimum Gasteiger partial charge on any atom is -0.409 e. The molecule has 0 aliphatic carbocycles. The molecule has 0 saturated carbocycles. The molecule has 0 atom stereocenters. The average Bonchev–Trinajstić information content (AvgIpc) is 2.95. The zero-order valence-corrected chi connectivity index (χ0v) is 21.2. The predicted molar refractivity (Wildman–Crippen MR) is 142 cm³/mol. The van der Waals surface area contributed by atoms with Crippen LogP contribution in [0.5, 0.6) is 5.75 Å². The number of amides is 2. The number of aromatic nitrogens is 2. The first-order valence-corrected chi connectivity index (χ1v) is 13.0. The Balaban J connectivity index is 1.08. The van der Waals surface area contributed by atoms with Gasteiger partial charge in [0.2, 0.25) is 0 Å². The number of halogens is 1. The number of ether oxygens (including phenoxy) is 1. The van der Waals surface area contributed by atoms with Crippen LogP contribution in [0, 0.1) is 5.82 Å². The first kappa shape index (κ1) is 25.6. The number of hydrogen-bond acceptors (Lipinski definition) is 7. The van der Waals surface area contributed by atoms with Crippen molar-refractivity contribution in [2.45, 2.75) is 25.8 Å². The van der Waals surface area contributed by atoms with Crippen molar-refractivity contribution in [1.29, 1.82) is 0 Å². The molecule has 0 unspecified atom stereocenters. The quantitative estimate of drug-likeness (QED) is 0.524. The summed E-state index contributed by atoms with van der Waals surface area (Å²) in [6.45, 7) is 5.21. The Morgan fingerprint density at radius 3 is 2.26 bits per heavy atom. The number of carbonyl (C=O) groups excluding carboxylic acids is 2. The summed E-state index contributed by atoms with van der Waals surface area (Å²) in [4.78, 5) is 39.6. The Morgan fingerprint density at radius 1 is 0.842 bits per heavy atom. The number of rotatable bonds is 6. The minimum atomic E-state index is -0.472. The second kappa shape index (κ2) is 12.0. The molecule has 38 heavy (non-hydrogen) atoms. The van der Waals surface area contributed by atoms with Gasteiger partial charge in [0.1, 0.15) is 17.5 Å². The molecular formula is C28H31FN6O3. The molecule has 2 aromatic heterocycles. The van der Waals surface area contributed by atoms with Gasteiger partial charge in [-0.05, 0) is 67.9 Å². The van der Waals surface area contributed by atoms with Crippen LogP contribution in [0.15, 0.2) is 60.9 Å². The summed E-state index contributed by atoms with van der Waals surface area (Å²) in [5.74, 6) is 0.701. The molecular weight excluding hydrogens is 487 g/mol. The van der Waals surface area contributed by atoms with Gasteiger partial charge >= 0.3 is 6.09 Å². The maximum atomic E-state index is 13.1. The van der Waals surface area contributed by atoms with Gasteiger partial charge in [-0.3, -0.25) is 9.69 Å². The van der Waals surface area contributed by atoms with Crippen LogP contribution >= 0.6 is 0 Å². The van der Waals surface area contributed by atoms with Crippen molar-refractivity contribution < 1.29 is 18.7 Å². The largest absolute Gasteiger partial charge is 0.415 e. The Labute approximate surface area is 221 Å². The second-order valence-corrected chi connectivity index (χ2v) is 9.54. The summed E-state index contributed by atoms with van der Waals surface area (Å²) in [6.07, 6.45) is 5.93. The lowest BCUT2D eigenvalue weighted by Gasteiger charge is -2.34. The predicted octanol–water partition coefficient (Wildman–Crippen LogP) is 4.17. The zero-order chi connectivity index (χ0) is 26.3. The highest BCUT2D eigenvalue weighted by Crippen LogP contribution is 2.18. The monoisotopic (exact) mass is 518 g/mol. The molecule has 2 fully saturated rings. The fourth-order valence-corrected chi connectivity index (χ4v) is 4.68. The first-order chi connectivity index (χ1) is 18.5. The fourth-order valence-electron chi connectivity index (χ4n) is 4.68. The standard InChI is InChI=1S/C28H31FN6O3/c29-23-8-11-26(31-18-23)34-14-16-35(17-15-34)28(37)38-24-9-10-25(30-19-24)32-27(36)22-6-4-21(5-7-22)20-33-12-2-1-3-13-33/h4-11,18-19H,1-3,12-17,20H2,(H,30,32,36). The Morgan fingerprint density at radius 2 is 1.61 bits per heavy atom. The highest BCUT2D eigenvalue weighted by atomic mass is 19.1. The smallest absolute Gasteiger partial charge is 0.409 e. The maximum absolute atomic E-state index is 13.1. The van der Waals surface area contributed by atoms with Crippen LogP contribution in [0.3, 0.4) is 0 Å². The second-order valence-electron chi connectivity index (χ2n) is 9.54. The number of carbonyl (C=O) groups is 2. The highest BCUT2D eigenvalue weighted by molar-refractivity contribution is 6.03. The van der Waals surface area contributed by atoms with E-state index in [1.54, 1.807) is 23.1 Å². The van der Waals surface area contributed by atoms with E-state index in [1.165, 1.54) is 43.3 Å². The van der Waals surface area contributed by atoms with Crippen LogP contribution in [0.1, 0.15) is 35.2 Å². The Bertz CT molecular complexity index is 1220. The summed E-state index contributed by atoms with van der Waals surface area (Å²) in [6, 6.07) is 13.8. The average molecular weight is 519 g/mol. The van der Waals surface area contributed by atoms with Crippen molar-refractivity contribution in [3.63, 3.8) is 0 Å². The molecule has 3 aromatic rings. The third kappa shape index (κ3) is 6.63. The Hall–Kier alpha value is -4.05. The van der Waals surface area contributed by atoms with E-state index in [0.29, 0.717) is 43.4 Å². The number of anilines is 2. The van der Waals surface area contributed by atoms with Gasteiger partial charge in [0.15, 0.2) is 5.75 Å². The van der Waals surface area contributed by atoms with Gasteiger partial charge in [0, 0.05) is 38.3 Å². The lowest BCUT2D eigenvalue weighted by molar-refractivity contribution is 0.102. The normalized spacial score (nSPS) is 16.2. The lowest BCUT2D eigenvalue weighted by atomic mass is 10.1. The lowest BCUT2D eigenvalue weighted by Crippen LogP contribution is -2.49. The van der Waals surface area contributed by atoms with Crippen molar-refractivity contribution >= 4 is 23.6 Å². The van der Waals surface area contributed by atoms with Crippen molar-refractivity contribution in [2.24, 2.45) is 0 Å². The number of piperazine rings is 1. The van der Waals surface area contributed by atoms with Gasteiger partial charge in [-0.25, -0.2) is 19.2 Å². The molecule has 4 heterocycles. The van der Waals surface area contributed by atoms with E-state index in [2.05, 4.69) is 20.2 Å². The van der Waals surface area contributed by atoms with E-state index in [0.717, 1.165) is 19.6 Å². The summed E-state index contributed by atoms with van der Waals surface area (Å²) < 4.78 is 18.6. The molecule has 5 rings (SSSR count). The van der Waals surface area contributed by atoms with Crippen molar-refractivity contribution in [3.05, 3.63) is 77.9 Å². The number of nitrogens with zero attached hydrogens (tertiary/aromatic N) is 5. The summed E-state index contributed by atoms with van der Waals surface area (Å²) in [5, 5.41) is 2.78. The van der Waals surface area contributed by atoms with E-state index in [1.807, 2.05) is 29.2 Å². The van der Waals surface area contributed by atoms with Crippen LogP contribution < -0.4 is 15.0 Å². The van der Waals surface area contributed by atoms with Crippen molar-refractivity contribution in [1.82, 2.24) is 19.8 Å². The van der Waals surface area contributed by atoms with Crippen LogP contribution in [-0.2, 0) is 6.54 Å². The number of pyridine rings is 2. The van der Waals surface area contributed by atoms with E-state index in [9.17, 15) is 14.0 Å². The van der Waals surface area contributed by atoms with Crippen LogP contribution in [0.2, 0.25) is 0 Å². The van der Waals surface area contributed by atoms with Crippen molar-refractivity contribution in [3.8, 4) is 5.75 Å². The van der Waals surface area contributed by atoms with Gasteiger partial charge in [0.25, 0.3) is 5.91 Å². The van der Waals surface area contributed by atoms with Gasteiger partial charge in [-0.1, -0.05) is 18.6 Å². The Kier molecular flexibility index (Phi) is 8.08. The summed E-state index contributed by atoms with van der Waals surface area (Å²) >= 11 is 0. The SMILES string of the molecule is O=C(Nc1ccc(OC(=O)N2CCN(c3ccc(F)cn3)CC2)cn1)c1ccc(CN2CCCCC2)cc1. The molecule has 2 aliphatic heterocycles. The molecule has 1 aromatic carbocycles. The molecule has 0 spiro atoms. The molecule has 2 amide bonds. The summed E-state index contributed by atoms with van der Waals surface area (Å²) in [7, 11) is 0. The molecule has 0 radical (unpaired) electrons. The first-order valence-electron chi connectivity index (χ1n) is 13.0. The molecule has 1 N–H and O–H groups in total. The topological polar surface area (TPSA) is 90.9 Å². The zero-order valence-electron chi connectivity index (χ0n) is 21.2. The van der Waals surface area contributed by atoms with Crippen LogP contribution in [0.4, 0.5) is 20.8 Å². The molecule has 9 nitrogen and oxygen atoms in total. The van der Waals surface area contributed by atoms with Crippen molar-refractivity contribution in [2.75, 3.05) is 49.5 Å².